The molecule has 8 heteroatoms. The van der Waals surface area contributed by atoms with Crippen LogP contribution >= 0.6 is 11.3 Å². The van der Waals surface area contributed by atoms with E-state index in [-0.39, 0.29) is 18.2 Å². The second-order valence-corrected chi connectivity index (χ2v) is 8.58. The van der Waals surface area contributed by atoms with E-state index in [4.69, 9.17) is 9.26 Å². The molecule has 3 aromatic rings. The molecule has 0 radical (unpaired) electrons. The summed E-state index contributed by atoms with van der Waals surface area (Å²) in [6, 6.07) is 9.91. The van der Waals surface area contributed by atoms with E-state index >= 15 is 0 Å². The first kappa shape index (κ1) is 21.3. The molecule has 3 heterocycles. The molecular weight excluding hydrogens is 414 g/mol. The van der Waals surface area contributed by atoms with Gasteiger partial charge in [0.15, 0.2) is 0 Å². The normalized spacial score (nSPS) is 14.0. The number of amides is 2. The fourth-order valence-corrected chi connectivity index (χ4v) is 4.95. The number of thiophene rings is 1. The Bertz CT molecular complexity index is 1080. The van der Waals surface area contributed by atoms with Crippen molar-refractivity contribution < 1.29 is 18.8 Å². The Morgan fingerprint density at radius 3 is 2.48 bits per heavy atom. The lowest BCUT2D eigenvalue weighted by Gasteiger charge is -2.27. The summed E-state index contributed by atoms with van der Waals surface area (Å²) in [6.07, 6.45) is 0.143. The Hall–Kier alpha value is -2.97. The van der Waals surface area contributed by atoms with Gasteiger partial charge < -0.3 is 19.5 Å². The number of nitrogens with one attached hydrogen (secondary N) is 1. The maximum absolute atomic E-state index is 13.4. The third-order valence-corrected chi connectivity index (χ3v) is 6.72. The second kappa shape index (κ2) is 9.03. The second-order valence-electron chi connectivity index (χ2n) is 7.56. The van der Waals surface area contributed by atoms with Crippen molar-refractivity contribution in [3.63, 3.8) is 0 Å². The Labute approximate surface area is 185 Å². The quantitative estimate of drug-likeness (QED) is 0.650. The van der Waals surface area contributed by atoms with Gasteiger partial charge in [0.25, 0.3) is 5.91 Å². The maximum Gasteiger partial charge on any atom is 0.257 e. The summed E-state index contributed by atoms with van der Waals surface area (Å²) in [7, 11) is 0. The molecule has 1 aliphatic rings. The summed E-state index contributed by atoms with van der Waals surface area (Å²) in [6.45, 7) is 7.68. The van der Waals surface area contributed by atoms with Gasteiger partial charge in [0.05, 0.1) is 30.9 Å². The molecule has 31 heavy (non-hydrogen) atoms. The molecule has 4 rings (SSSR count). The highest BCUT2D eigenvalue weighted by Crippen LogP contribution is 2.40. The topological polar surface area (TPSA) is 84.7 Å². The number of benzene rings is 1. The first-order valence-corrected chi connectivity index (χ1v) is 11.0. The van der Waals surface area contributed by atoms with Crippen LogP contribution in [0.4, 0.5) is 5.00 Å². The van der Waals surface area contributed by atoms with Crippen LogP contribution in [-0.4, -0.2) is 48.2 Å². The zero-order valence-electron chi connectivity index (χ0n) is 17.9. The molecule has 1 aliphatic heterocycles. The summed E-state index contributed by atoms with van der Waals surface area (Å²) in [5.41, 5.74) is 3.92. The lowest BCUT2D eigenvalue weighted by molar-refractivity contribution is -0.115. The van der Waals surface area contributed by atoms with E-state index in [2.05, 4.69) is 10.5 Å². The molecule has 0 bridgehead atoms. The number of nitrogens with zero attached hydrogens (tertiary/aromatic N) is 2. The van der Waals surface area contributed by atoms with Crippen LogP contribution in [0.2, 0.25) is 0 Å². The van der Waals surface area contributed by atoms with Gasteiger partial charge in [0.2, 0.25) is 5.91 Å². The van der Waals surface area contributed by atoms with Crippen molar-refractivity contribution in [2.45, 2.75) is 27.2 Å². The molecule has 1 saturated heterocycles. The van der Waals surface area contributed by atoms with E-state index in [0.29, 0.717) is 48.3 Å². The van der Waals surface area contributed by atoms with E-state index < -0.39 is 0 Å². The van der Waals surface area contributed by atoms with Crippen LogP contribution in [0.15, 0.2) is 34.9 Å². The molecule has 2 aromatic heterocycles. The summed E-state index contributed by atoms with van der Waals surface area (Å²) < 4.78 is 10.6. The van der Waals surface area contributed by atoms with Gasteiger partial charge in [0, 0.05) is 23.5 Å². The molecule has 0 spiro atoms. The largest absolute Gasteiger partial charge is 0.378 e. The van der Waals surface area contributed by atoms with Crippen LogP contribution < -0.4 is 5.32 Å². The Morgan fingerprint density at radius 1 is 1.13 bits per heavy atom. The van der Waals surface area contributed by atoms with Crippen LogP contribution in [0.3, 0.4) is 0 Å². The van der Waals surface area contributed by atoms with Crippen LogP contribution in [-0.2, 0) is 16.0 Å². The van der Waals surface area contributed by atoms with Crippen LogP contribution in [0, 0.1) is 20.8 Å². The number of morpholine rings is 1. The molecular formula is C23H25N3O4S. The van der Waals surface area contributed by atoms with E-state index in [0.717, 1.165) is 21.6 Å². The monoisotopic (exact) mass is 439 g/mol. The van der Waals surface area contributed by atoms with Crippen molar-refractivity contribution >= 4 is 28.2 Å². The van der Waals surface area contributed by atoms with Gasteiger partial charge in [-0.3, -0.25) is 9.59 Å². The van der Waals surface area contributed by atoms with Gasteiger partial charge in [-0.1, -0.05) is 35.5 Å². The summed E-state index contributed by atoms with van der Waals surface area (Å²) in [5.74, 6) is 0.350. The zero-order valence-corrected chi connectivity index (χ0v) is 18.7. The number of hydrogen-bond acceptors (Lipinski definition) is 6. The minimum absolute atomic E-state index is 0.0770. The molecule has 0 unspecified atom stereocenters. The van der Waals surface area contributed by atoms with Crippen LogP contribution in [0.25, 0.3) is 10.4 Å². The van der Waals surface area contributed by atoms with Gasteiger partial charge in [0.1, 0.15) is 10.8 Å². The number of aromatic nitrogens is 1. The lowest BCUT2D eigenvalue weighted by atomic mass is 10.1. The zero-order chi connectivity index (χ0) is 22.0. The number of anilines is 1. The first-order valence-electron chi connectivity index (χ1n) is 10.2. The minimum Gasteiger partial charge on any atom is -0.378 e. The van der Waals surface area contributed by atoms with Crippen LogP contribution in [0.1, 0.15) is 32.9 Å². The minimum atomic E-state index is -0.203. The first-order chi connectivity index (χ1) is 15.0. The maximum atomic E-state index is 13.4. The molecule has 2 amide bonds. The SMILES string of the molecule is Cc1noc(C)c1CC(=O)Nc1sc(-c2ccccc2)c(C)c1C(=O)N1CCOCC1. The number of ether oxygens (including phenoxy) is 1. The Kier molecular flexibility index (Phi) is 6.20. The smallest absolute Gasteiger partial charge is 0.257 e. The standard InChI is InChI=1S/C23H25N3O4S/c1-14-20(23(28)26-9-11-29-12-10-26)22(31-21(14)17-7-5-4-6-8-17)24-19(27)13-18-15(2)25-30-16(18)3/h4-8H,9-13H2,1-3H3,(H,24,27). The van der Waals surface area contributed by atoms with Gasteiger partial charge >= 0.3 is 0 Å². The van der Waals surface area contributed by atoms with Gasteiger partial charge in [-0.2, -0.15) is 0 Å². The Balaban J connectivity index is 1.68. The predicted octanol–water partition coefficient (Wildman–Crippen LogP) is 3.98. The average Bonchev–Trinajstić information content (AvgIpc) is 3.27. The van der Waals surface area contributed by atoms with Crippen molar-refractivity contribution in [2.75, 3.05) is 31.6 Å². The molecule has 1 aromatic carbocycles. The number of carbonyl (C=O) groups is 2. The van der Waals surface area contributed by atoms with Gasteiger partial charge in [-0.25, -0.2) is 0 Å². The Morgan fingerprint density at radius 2 is 1.84 bits per heavy atom. The third-order valence-electron chi connectivity index (χ3n) is 5.47. The fourth-order valence-electron chi connectivity index (χ4n) is 3.73. The molecule has 0 aliphatic carbocycles. The van der Waals surface area contributed by atoms with Gasteiger partial charge in [-0.15, -0.1) is 11.3 Å². The molecule has 162 valence electrons. The molecule has 0 atom stereocenters. The van der Waals surface area contributed by atoms with E-state index in [9.17, 15) is 9.59 Å². The fraction of sp³-hybridized carbons (Fsp3) is 0.348. The van der Waals surface area contributed by atoms with Crippen LogP contribution in [0.5, 0.6) is 0 Å². The molecule has 1 fully saturated rings. The highest BCUT2D eigenvalue weighted by Gasteiger charge is 2.28. The number of hydrogen-bond donors (Lipinski definition) is 1. The average molecular weight is 440 g/mol. The lowest BCUT2D eigenvalue weighted by Crippen LogP contribution is -2.41. The predicted molar refractivity (Wildman–Crippen MR) is 120 cm³/mol. The van der Waals surface area contributed by atoms with Crippen molar-refractivity contribution in [1.82, 2.24) is 10.1 Å². The van der Waals surface area contributed by atoms with Crippen molar-refractivity contribution in [2.24, 2.45) is 0 Å². The molecule has 0 saturated carbocycles. The van der Waals surface area contributed by atoms with Crippen molar-refractivity contribution in [3.8, 4) is 10.4 Å². The van der Waals surface area contributed by atoms with E-state index in [1.807, 2.05) is 44.2 Å². The number of rotatable bonds is 5. The van der Waals surface area contributed by atoms with Gasteiger partial charge in [-0.05, 0) is 31.9 Å². The highest BCUT2D eigenvalue weighted by atomic mass is 32.1. The number of aryl methyl sites for hydroxylation is 2. The number of carbonyl (C=O) groups excluding carboxylic acids is 2. The highest BCUT2D eigenvalue weighted by molar-refractivity contribution is 7.20. The summed E-state index contributed by atoms with van der Waals surface area (Å²) in [5, 5.41) is 7.48. The van der Waals surface area contributed by atoms with E-state index in [1.165, 1.54) is 11.3 Å². The van der Waals surface area contributed by atoms with Crippen molar-refractivity contribution in [1.29, 1.82) is 0 Å². The molecule has 1 N–H and O–H groups in total. The summed E-state index contributed by atoms with van der Waals surface area (Å²) >= 11 is 1.43. The molecule has 7 nitrogen and oxygen atoms in total. The summed E-state index contributed by atoms with van der Waals surface area (Å²) in [4.78, 5) is 29.0. The van der Waals surface area contributed by atoms with E-state index in [1.54, 1.807) is 11.8 Å². The van der Waals surface area contributed by atoms with Crippen molar-refractivity contribution in [3.05, 3.63) is 58.5 Å². The third kappa shape index (κ3) is 4.40.